The Hall–Kier alpha value is -1.94. The van der Waals surface area contributed by atoms with E-state index in [0.717, 1.165) is 21.1 Å². The lowest BCUT2D eigenvalue weighted by Crippen LogP contribution is -2.03. The van der Waals surface area contributed by atoms with E-state index in [4.69, 9.17) is 4.74 Å². The van der Waals surface area contributed by atoms with Gasteiger partial charge < -0.3 is 4.74 Å². The molecule has 1 heterocycles. The number of carbonyl (C=O) groups excluding carboxylic acids is 1. The molecule has 4 heteroatoms. The zero-order valence-corrected chi connectivity index (χ0v) is 13.3. The van der Waals surface area contributed by atoms with E-state index in [1.165, 1.54) is 7.11 Å². The van der Waals surface area contributed by atoms with Crippen molar-refractivity contribution in [3.8, 4) is 0 Å². The van der Waals surface area contributed by atoms with Gasteiger partial charge in [-0.2, -0.15) is 0 Å². The Labute approximate surface area is 129 Å². The van der Waals surface area contributed by atoms with Gasteiger partial charge in [-0.1, -0.05) is 50.3 Å². The van der Waals surface area contributed by atoms with E-state index in [9.17, 15) is 4.79 Å². The molecular formula is C17H19NO2S. The summed E-state index contributed by atoms with van der Waals surface area (Å²) in [5, 5.41) is 1.04. The summed E-state index contributed by atoms with van der Waals surface area (Å²) in [4.78, 5) is 17.1. The maximum absolute atomic E-state index is 11.5. The maximum Gasteiger partial charge on any atom is 0.310 e. The second-order valence-corrected chi connectivity index (χ2v) is 6.13. The normalized spacial score (nSPS) is 11.2. The maximum atomic E-state index is 11.5. The molecule has 0 fully saturated rings. The minimum atomic E-state index is -0.233. The Morgan fingerprint density at radius 3 is 2.62 bits per heavy atom. The molecule has 0 aliphatic carbocycles. The van der Waals surface area contributed by atoms with Crippen LogP contribution < -0.4 is 0 Å². The molecule has 0 atom stereocenters. The summed E-state index contributed by atoms with van der Waals surface area (Å²) in [7, 11) is 1.41. The van der Waals surface area contributed by atoms with Gasteiger partial charge in [0, 0.05) is 10.8 Å². The molecule has 0 saturated carbocycles. The van der Waals surface area contributed by atoms with Crippen molar-refractivity contribution in [3.05, 3.63) is 51.5 Å². The van der Waals surface area contributed by atoms with Crippen LogP contribution in [-0.2, 0) is 16.0 Å². The van der Waals surface area contributed by atoms with Crippen molar-refractivity contribution in [2.24, 2.45) is 0 Å². The van der Waals surface area contributed by atoms with Crippen LogP contribution in [0.5, 0.6) is 0 Å². The second kappa shape index (κ2) is 7.18. The van der Waals surface area contributed by atoms with Crippen LogP contribution >= 0.6 is 11.3 Å². The van der Waals surface area contributed by atoms with Crippen molar-refractivity contribution >= 4 is 29.5 Å². The van der Waals surface area contributed by atoms with Gasteiger partial charge in [-0.05, 0) is 11.6 Å². The van der Waals surface area contributed by atoms with Crippen LogP contribution in [0.25, 0.3) is 12.2 Å². The predicted molar refractivity (Wildman–Crippen MR) is 87.3 cm³/mol. The Morgan fingerprint density at radius 2 is 2.00 bits per heavy atom. The van der Waals surface area contributed by atoms with Gasteiger partial charge in [0.2, 0.25) is 0 Å². The van der Waals surface area contributed by atoms with E-state index in [2.05, 4.69) is 18.8 Å². The molecule has 1 aromatic heterocycles. The highest BCUT2D eigenvalue weighted by Gasteiger charge is 2.14. The minimum Gasteiger partial charge on any atom is -0.469 e. The molecule has 1 aromatic carbocycles. The summed E-state index contributed by atoms with van der Waals surface area (Å²) in [6.45, 7) is 4.21. The second-order valence-electron chi connectivity index (χ2n) is 5.01. The largest absolute Gasteiger partial charge is 0.469 e. The topological polar surface area (TPSA) is 39.2 Å². The smallest absolute Gasteiger partial charge is 0.310 e. The average molecular weight is 301 g/mol. The molecule has 0 saturated heterocycles. The van der Waals surface area contributed by atoms with Crippen LogP contribution in [0.3, 0.4) is 0 Å². The first-order valence-electron chi connectivity index (χ1n) is 6.89. The van der Waals surface area contributed by atoms with Crippen molar-refractivity contribution < 1.29 is 9.53 Å². The van der Waals surface area contributed by atoms with E-state index in [1.807, 2.05) is 42.5 Å². The molecule has 0 spiro atoms. The molecule has 2 rings (SSSR count). The molecule has 0 unspecified atom stereocenters. The third-order valence-electron chi connectivity index (χ3n) is 3.00. The van der Waals surface area contributed by atoms with Crippen LogP contribution in [0, 0.1) is 0 Å². The van der Waals surface area contributed by atoms with E-state index in [0.29, 0.717) is 5.92 Å². The van der Waals surface area contributed by atoms with Gasteiger partial charge in [-0.25, -0.2) is 4.98 Å². The van der Waals surface area contributed by atoms with Crippen molar-refractivity contribution in [2.45, 2.75) is 26.2 Å². The highest BCUT2D eigenvalue weighted by Crippen LogP contribution is 2.27. The van der Waals surface area contributed by atoms with E-state index >= 15 is 0 Å². The number of aromatic nitrogens is 1. The van der Waals surface area contributed by atoms with E-state index in [1.54, 1.807) is 11.3 Å². The Balaban J connectivity index is 2.28. The van der Waals surface area contributed by atoms with Gasteiger partial charge in [0.15, 0.2) is 0 Å². The number of esters is 1. The first kappa shape index (κ1) is 15.4. The molecule has 0 aliphatic heterocycles. The lowest BCUT2D eigenvalue weighted by atomic mass is 10.2. The standard InChI is InChI=1S/C17H19NO2S/c1-12(2)17-18-14(15(21-17)11-16(19)20-3)10-9-13-7-5-4-6-8-13/h4-10,12H,11H2,1-3H3. The summed E-state index contributed by atoms with van der Waals surface area (Å²) < 4.78 is 4.76. The van der Waals surface area contributed by atoms with Crippen LogP contribution in [0.2, 0.25) is 0 Å². The van der Waals surface area contributed by atoms with Gasteiger partial charge in [0.1, 0.15) is 0 Å². The summed E-state index contributed by atoms with van der Waals surface area (Å²) in [6.07, 6.45) is 4.26. The van der Waals surface area contributed by atoms with Crippen molar-refractivity contribution in [1.29, 1.82) is 0 Å². The van der Waals surface area contributed by atoms with Gasteiger partial charge >= 0.3 is 5.97 Å². The molecule has 0 radical (unpaired) electrons. The summed E-state index contributed by atoms with van der Waals surface area (Å²) in [5.74, 6) is 0.119. The quantitative estimate of drug-likeness (QED) is 0.779. The highest BCUT2D eigenvalue weighted by atomic mass is 32.1. The SMILES string of the molecule is COC(=O)Cc1sc(C(C)C)nc1C=Cc1ccccc1. The number of hydrogen-bond donors (Lipinski definition) is 0. The Bertz CT molecular complexity index is 629. The van der Waals surface area contributed by atoms with Crippen LogP contribution in [0.1, 0.15) is 40.9 Å². The lowest BCUT2D eigenvalue weighted by Gasteiger charge is -1.97. The third kappa shape index (κ3) is 4.26. The molecule has 110 valence electrons. The third-order valence-corrected chi connectivity index (χ3v) is 4.38. The molecule has 0 N–H and O–H groups in total. The van der Waals surface area contributed by atoms with Crippen molar-refractivity contribution in [1.82, 2.24) is 4.98 Å². The fourth-order valence-corrected chi connectivity index (χ4v) is 2.87. The van der Waals surface area contributed by atoms with Crippen LogP contribution in [0.15, 0.2) is 30.3 Å². The first-order chi connectivity index (χ1) is 10.1. The molecule has 0 amide bonds. The fraction of sp³-hybridized carbons (Fsp3) is 0.294. The molecule has 2 aromatic rings. The average Bonchev–Trinajstić information content (AvgIpc) is 2.89. The minimum absolute atomic E-state index is 0.233. The highest BCUT2D eigenvalue weighted by molar-refractivity contribution is 7.12. The summed E-state index contributed by atoms with van der Waals surface area (Å²) >= 11 is 1.58. The number of carbonyl (C=O) groups is 1. The number of ether oxygens (including phenoxy) is 1. The molecule has 21 heavy (non-hydrogen) atoms. The van der Waals surface area contributed by atoms with Crippen molar-refractivity contribution in [3.63, 3.8) is 0 Å². The van der Waals surface area contributed by atoms with Gasteiger partial charge in [0.05, 0.1) is 24.2 Å². The summed E-state index contributed by atoms with van der Waals surface area (Å²) in [6, 6.07) is 10.0. The number of hydrogen-bond acceptors (Lipinski definition) is 4. The van der Waals surface area contributed by atoms with Gasteiger partial charge in [-0.3, -0.25) is 4.79 Å². The Kier molecular flexibility index (Phi) is 5.28. The number of benzene rings is 1. The first-order valence-corrected chi connectivity index (χ1v) is 7.71. The summed E-state index contributed by atoms with van der Waals surface area (Å²) in [5.41, 5.74) is 1.97. The monoisotopic (exact) mass is 301 g/mol. The zero-order chi connectivity index (χ0) is 15.2. The number of methoxy groups -OCH3 is 1. The molecular weight excluding hydrogens is 282 g/mol. The van der Waals surface area contributed by atoms with Crippen LogP contribution in [-0.4, -0.2) is 18.1 Å². The van der Waals surface area contributed by atoms with E-state index in [-0.39, 0.29) is 12.4 Å². The fourth-order valence-electron chi connectivity index (χ4n) is 1.83. The lowest BCUT2D eigenvalue weighted by molar-refractivity contribution is -0.139. The molecule has 0 bridgehead atoms. The number of rotatable bonds is 5. The number of nitrogens with zero attached hydrogens (tertiary/aromatic N) is 1. The Morgan fingerprint density at radius 1 is 1.29 bits per heavy atom. The van der Waals surface area contributed by atoms with Gasteiger partial charge in [0.25, 0.3) is 0 Å². The number of thiazole rings is 1. The van der Waals surface area contributed by atoms with Crippen LogP contribution in [0.4, 0.5) is 0 Å². The van der Waals surface area contributed by atoms with E-state index < -0.39 is 0 Å². The predicted octanol–water partition coefficient (Wildman–Crippen LogP) is 4.15. The molecule has 3 nitrogen and oxygen atoms in total. The van der Waals surface area contributed by atoms with Gasteiger partial charge in [-0.15, -0.1) is 11.3 Å². The van der Waals surface area contributed by atoms with Crippen molar-refractivity contribution in [2.75, 3.05) is 7.11 Å². The molecule has 0 aliphatic rings. The zero-order valence-electron chi connectivity index (χ0n) is 12.5.